The first-order valence-electron chi connectivity index (χ1n) is 8.57. The molecule has 0 unspecified atom stereocenters. The van der Waals surface area contributed by atoms with E-state index in [-0.39, 0.29) is 17.9 Å². The van der Waals surface area contributed by atoms with Gasteiger partial charge in [-0.1, -0.05) is 53.5 Å². The molecule has 0 atom stereocenters. The number of halogens is 2. The van der Waals surface area contributed by atoms with Gasteiger partial charge in [0.25, 0.3) is 5.91 Å². The quantitative estimate of drug-likeness (QED) is 0.798. The predicted octanol–water partition coefficient (Wildman–Crippen LogP) is 4.24. The maximum Gasteiger partial charge on any atom is 0.257 e. The highest BCUT2D eigenvalue weighted by Crippen LogP contribution is 2.34. The van der Waals surface area contributed by atoms with Crippen LogP contribution in [0.3, 0.4) is 0 Å². The molecule has 6 heteroatoms. The number of carbonyl (C=O) groups excluding carboxylic acids is 1. The van der Waals surface area contributed by atoms with Crippen LogP contribution in [0.2, 0.25) is 10.0 Å². The number of hydrogen-bond donors (Lipinski definition) is 1. The van der Waals surface area contributed by atoms with E-state index in [9.17, 15) is 4.79 Å². The summed E-state index contributed by atoms with van der Waals surface area (Å²) < 4.78 is 11.0. The molecule has 3 rings (SSSR count). The van der Waals surface area contributed by atoms with Gasteiger partial charge in [0.1, 0.15) is 5.75 Å². The summed E-state index contributed by atoms with van der Waals surface area (Å²) in [5.41, 5.74) is 1.12. The van der Waals surface area contributed by atoms with Gasteiger partial charge in [0.2, 0.25) is 0 Å². The van der Waals surface area contributed by atoms with E-state index in [0.29, 0.717) is 35.6 Å². The maximum atomic E-state index is 12.3. The molecule has 0 radical (unpaired) electrons. The highest BCUT2D eigenvalue weighted by Gasteiger charge is 2.34. The monoisotopic (exact) mass is 393 g/mol. The zero-order valence-corrected chi connectivity index (χ0v) is 15.9. The van der Waals surface area contributed by atoms with E-state index in [4.69, 9.17) is 32.7 Å². The summed E-state index contributed by atoms with van der Waals surface area (Å²) >= 11 is 11.9. The largest absolute Gasteiger partial charge is 0.482 e. The average molecular weight is 394 g/mol. The first-order valence-corrected chi connectivity index (χ1v) is 9.32. The number of amides is 1. The Morgan fingerprint density at radius 2 is 1.85 bits per heavy atom. The van der Waals surface area contributed by atoms with Crippen LogP contribution in [0, 0.1) is 0 Å². The molecular formula is C20H21Cl2NO3. The van der Waals surface area contributed by atoms with Gasteiger partial charge in [-0.2, -0.15) is 0 Å². The van der Waals surface area contributed by atoms with Gasteiger partial charge in [-0.15, -0.1) is 0 Å². The fraction of sp³-hybridized carbons (Fsp3) is 0.350. The number of carbonyl (C=O) groups is 1. The van der Waals surface area contributed by atoms with Crippen LogP contribution in [0.25, 0.3) is 0 Å². The van der Waals surface area contributed by atoms with Crippen LogP contribution in [-0.4, -0.2) is 32.3 Å². The lowest BCUT2D eigenvalue weighted by Crippen LogP contribution is -2.45. The van der Waals surface area contributed by atoms with E-state index < -0.39 is 0 Å². The number of benzene rings is 2. The molecule has 0 bridgehead atoms. The molecule has 26 heavy (non-hydrogen) atoms. The van der Waals surface area contributed by atoms with Gasteiger partial charge in [0.05, 0.1) is 5.02 Å². The smallest absolute Gasteiger partial charge is 0.257 e. The molecule has 2 aromatic carbocycles. The molecule has 1 N–H and O–H groups in total. The van der Waals surface area contributed by atoms with Crippen LogP contribution < -0.4 is 10.1 Å². The van der Waals surface area contributed by atoms with Crippen molar-refractivity contribution in [3.8, 4) is 5.75 Å². The SMILES string of the molecule is O=C(COc1ccc(Cl)cc1Cl)NCC1(c2ccccc2)CCOCC1. The molecule has 1 fully saturated rings. The van der Waals surface area contributed by atoms with Gasteiger partial charge in [0, 0.05) is 30.2 Å². The lowest BCUT2D eigenvalue weighted by atomic mass is 9.74. The Bertz CT molecular complexity index is 746. The molecule has 1 saturated heterocycles. The van der Waals surface area contributed by atoms with Gasteiger partial charge in [-0.3, -0.25) is 4.79 Å². The van der Waals surface area contributed by atoms with Crippen LogP contribution >= 0.6 is 23.2 Å². The van der Waals surface area contributed by atoms with Crippen LogP contribution in [0.5, 0.6) is 5.75 Å². The fourth-order valence-electron chi connectivity index (χ4n) is 3.18. The molecule has 4 nitrogen and oxygen atoms in total. The van der Waals surface area contributed by atoms with E-state index >= 15 is 0 Å². The number of ether oxygens (including phenoxy) is 2. The minimum absolute atomic E-state index is 0.0945. The van der Waals surface area contributed by atoms with E-state index in [0.717, 1.165) is 12.8 Å². The van der Waals surface area contributed by atoms with E-state index in [1.165, 1.54) is 5.56 Å². The van der Waals surface area contributed by atoms with Crippen molar-refractivity contribution in [1.82, 2.24) is 5.32 Å². The maximum absolute atomic E-state index is 12.3. The third kappa shape index (κ3) is 4.70. The topological polar surface area (TPSA) is 47.6 Å². The average Bonchev–Trinajstić information content (AvgIpc) is 2.67. The summed E-state index contributed by atoms with van der Waals surface area (Å²) in [6.07, 6.45) is 1.75. The Kier molecular flexibility index (Phi) is 6.41. The van der Waals surface area contributed by atoms with Crippen molar-refractivity contribution in [3.05, 3.63) is 64.1 Å². The van der Waals surface area contributed by atoms with Crippen molar-refractivity contribution in [2.75, 3.05) is 26.4 Å². The molecule has 1 aliphatic rings. The zero-order valence-electron chi connectivity index (χ0n) is 14.3. The molecule has 1 amide bonds. The van der Waals surface area contributed by atoms with Crippen molar-refractivity contribution in [2.45, 2.75) is 18.3 Å². The standard InChI is InChI=1S/C20H21Cl2NO3/c21-16-6-7-18(17(22)12-16)26-13-19(24)23-14-20(8-10-25-11-9-20)15-4-2-1-3-5-15/h1-7,12H,8-11,13-14H2,(H,23,24). The summed E-state index contributed by atoms with van der Waals surface area (Å²) in [5, 5.41) is 3.91. The minimum Gasteiger partial charge on any atom is -0.482 e. The zero-order chi connectivity index (χ0) is 18.4. The summed E-state index contributed by atoms with van der Waals surface area (Å²) in [5.74, 6) is 0.257. The van der Waals surface area contributed by atoms with Crippen LogP contribution in [0.15, 0.2) is 48.5 Å². The lowest BCUT2D eigenvalue weighted by molar-refractivity contribution is -0.123. The molecule has 0 aromatic heterocycles. The van der Waals surface area contributed by atoms with E-state index in [1.807, 2.05) is 18.2 Å². The normalized spacial score (nSPS) is 16.1. The van der Waals surface area contributed by atoms with Crippen molar-refractivity contribution in [3.63, 3.8) is 0 Å². The Labute approximate surface area is 163 Å². The molecule has 138 valence electrons. The van der Waals surface area contributed by atoms with Gasteiger partial charge in [0.15, 0.2) is 6.61 Å². The third-order valence-corrected chi connectivity index (χ3v) is 5.24. The molecule has 0 aliphatic carbocycles. The van der Waals surface area contributed by atoms with E-state index in [2.05, 4.69) is 17.4 Å². The van der Waals surface area contributed by atoms with Gasteiger partial charge in [-0.05, 0) is 36.6 Å². The molecular weight excluding hydrogens is 373 g/mol. The highest BCUT2D eigenvalue weighted by atomic mass is 35.5. The van der Waals surface area contributed by atoms with Gasteiger partial charge < -0.3 is 14.8 Å². The molecule has 1 heterocycles. The molecule has 0 spiro atoms. The second kappa shape index (κ2) is 8.76. The predicted molar refractivity (Wildman–Crippen MR) is 103 cm³/mol. The minimum atomic E-state index is -0.183. The van der Waals surface area contributed by atoms with Crippen molar-refractivity contribution >= 4 is 29.1 Å². The second-order valence-corrected chi connectivity index (χ2v) is 7.24. The number of hydrogen-bond acceptors (Lipinski definition) is 3. The molecule has 0 saturated carbocycles. The first kappa shape index (κ1) is 19.0. The Morgan fingerprint density at radius 3 is 2.54 bits per heavy atom. The number of rotatable bonds is 6. The van der Waals surface area contributed by atoms with Crippen LogP contribution in [-0.2, 0) is 14.9 Å². The van der Waals surface area contributed by atoms with Crippen molar-refractivity contribution in [1.29, 1.82) is 0 Å². The van der Waals surface area contributed by atoms with Gasteiger partial charge in [-0.25, -0.2) is 0 Å². The Balaban J connectivity index is 1.59. The first-order chi connectivity index (χ1) is 12.6. The summed E-state index contributed by atoms with van der Waals surface area (Å²) in [4.78, 5) is 12.3. The highest BCUT2D eigenvalue weighted by molar-refractivity contribution is 6.35. The van der Waals surface area contributed by atoms with Crippen LogP contribution in [0.4, 0.5) is 0 Å². The van der Waals surface area contributed by atoms with E-state index in [1.54, 1.807) is 18.2 Å². The summed E-state index contributed by atoms with van der Waals surface area (Å²) in [6, 6.07) is 15.2. The summed E-state index contributed by atoms with van der Waals surface area (Å²) in [7, 11) is 0. The third-order valence-electron chi connectivity index (χ3n) is 4.71. The lowest BCUT2D eigenvalue weighted by Gasteiger charge is -2.38. The molecule has 2 aromatic rings. The summed E-state index contributed by atoms with van der Waals surface area (Å²) in [6.45, 7) is 1.85. The fourth-order valence-corrected chi connectivity index (χ4v) is 3.64. The van der Waals surface area contributed by atoms with Crippen molar-refractivity contribution < 1.29 is 14.3 Å². The van der Waals surface area contributed by atoms with Crippen molar-refractivity contribution in [2.24, 2.45) is 0 Å². The van der Waals surface area contributed by atoms with Crippen LogP contribution in [0.1, 0.15) is 18.4 Å². The number of nitrogens with one attached hydrogen (secondary N) is 1. The Hall–Kier alpha value is -1.75. The second-order valence-electron chi connectivity index (χ2n) is 6.40. The molecule has 1 aliphatic heterocycles. The van der Waals surface area contributed by atoms with Gasteiger partial charge >= 0.3 is 0 Å². The Morgan fingerprint density at radius 1 is 1.12 bits per heavy atom.